The number of rotatable bonds is 2. The van der Waals surface area contributed by atoms with Gasteiger partial charge in [-0.05, 0) is 24.3 Å². The minimum atomic E-state index is -3.08. The van der Waals surface area contributed by atoms with Crippen LogP contribution in [0.3, 0.4) is 0 Å². The van der Waals surface area contributed by atoms with Gasteiger partial charge in [-0.25, -0.2) is 0 Å². The Kier molecular flexibility index (Phi) is 2.87. The third-order valence-electron chi connectivity index (χ3n) is 1.92. The van der Waals surface area contributed by atoms with Gasteiger partial charge in [-0.1, -0.05) is 0 Å². The molecule has 1 aliphatic rings. The van der Waals surface area contributed by atoms with Gasteiger partial charge in [0, 0.05) is 5.92 Å². The van der Waals surface area contributed by atoms with Crippen molar-refractivity contribution < 1.29 is 13.6 Å². The monoisotopic (exact) mass is 180 g/mol. The highest BCUT2D eigenvalue weighted by Gasteiger charge is 2.39. The first-order valence-electron chi connectivity index (χ1n) is 3.58. The predicted molar refractivity (Wildman–Crippen MR) is 41.1 cm³/mol. The van der Waals surface area contributed by atoms with Gasteiger partial charge in [-0.2, -0.15) is 20.5 Å². The Hall–Kier alpha value is -0.120. The van der Waals surface area contributed by atoms with E-state index < -0.39 is 11.8 Å². The Balaban J connectivity index is 2.50. The first kappa shape index (κ1) is 8.97. The smallest absolute Gasteiger partial charge is 0.297 e. The topological polar surface area (TPSA) is 17.1 Å². The van der Waals surface area contributed by atoms with Gasteiger partial charge in [0.2, 0.25) is 0 Å². The molecule has 0 atom stereocenters. The highest BCUT2D eigenvalue weighted by molar-refractivity contribution is 7.99. The van der Waals surface area contributed by atoms with E-state index in [4.69, 9.17) is 0 Å². The van der Waals surface area contributed by atoms with E-state index in [0.717, 1.165) is 11.5 Å². The Morgan fingerprint density at radius 2 is 1.91 bits per heavy atom. The minimum Gasteiger partial charge on any atom is -0.297 e. The Labute approximate surface area is 68.5 Å². The van der Waals surface area contributed by atoms with Crippen LogP contribution in [0.1, 0.15) is 12.8 Å². The molecule has 0 spiro atoms. The zero-order valence-electron chi connectivity index (χ0n) is 6.06. The van der Waals surface area contributed by atoms with Gasteiger partial charge in [0.25, 0.3) is 0 Å². The molecule has 11 heavy (non-hydrogen) atoms. The fourth-order valence-corrected chi connectivity index (χ4v) is 2.29. The molecule has 0 aromatic carbocycles. The van der Waals surface area contributed by atoms with Crippen molar-refractivity contribution >= 4 is 18.0 Å². The van der Waals surface area contributed by atoms with Crippen LogP contribution in [0.5, 0.6) is 0 Å². The molecular formula is C7H10F2OS. The van der Waals surface area contributed by atoms with Gasteiger partial charge in [0.05, 0.1) is 0 Å². The van der Waals surface area contributed by atoms with Gasteiger partial charge < -0.3 is 0 Å². The molecule has 0 amide bonds. The molecule has 64 valence electrons. The molecule has 0 N–H and O–H groups in total. The maximum absolute atomic E-state index is 12.7. The maximum Gasteiger partial charge on any atom is 0.305 e. The van der Waals surface area contributed by atoms with Crippen LogP contribution in [0, 0.1) is 5.92 Å². The second-order valence-electron chi connectivity index (χ2n) is 2.68. The first-order chi connectivity index (χ1) is 5.17. The van der Waals surface area contributed by atoms with Gasteiger partial charge in [0.1, 0.15) is 0 Å². The third kappa shape index (κ3) is 2.15. The highest BCUT2D eigenvalue weighted by atomic mass is 32.2. The first-order valence-corrected chi connectivity index (χ1v) is 4.74. The number of halogens is 2. The second kappa shape index (κ2) is 3.52. The van der Waals surface area contributed by atoms with Crippen LogP contribution in [-0.2, 0) is 4.79 Å². The average Bonchev–Trinajstić information content (AvgIpc) is 2.06. The highest BCUT2D eigenvalue weighted by Crippen LogP contribution is 2.33. The van der Waals surface area contributed by atoms with Crippen molar-refractivity contribution in [1.82, 2.24) is 0 Å². The minimum absolute atomic E-state index is 0.215. The van der Waals surface area contributed by atoms with Crippen molar-refractivity contribution in [2.24, 2.45) is 5.92 Å². The van der Waals surface area contributed by atoms with E-state index in [1.807, 2.05) is 0 Å². The van der Waals surface area contributed by atoms with E-state index in [-0.39, 0.29) is 6.29 Å². The lowest BCUT2D eigenvalue weighted by Gasteiger charge is -2.25. The second-order valence-corrected chi connectivity index (χ2v) is 3.90. The van der Waals surface area contributed by atoms with E-state index in [2.05, 4.69) is 0 Å². The largest absolute Gasteiger partial charge is 0.305 e. The van der Waals surface area contributed by atoms with Gasteiger partial charge in [0.15, 0.2) is 6.29 Å². The van der Waals surface area contributed by atoms with Crippen LogP contribution in [-0.4, -0.2) is 23.7 Å². The summed E-state index contributed by atoms with van der Waals surface area (Å²) in [5.41, 5.74) is 0. The van der Waals surface area contributed by atoms with Crippen LogP contribution in [0.4, 0.5) is 8.78 Å². The summed E-state index contributed by atoms with van der Waals surface area (Å²) in [6.07, 6.45) is 0.723. The van der Waals surface area contributed by atoms with Crippen LogP contribution in [0.2, 0.25) is 0 Å². The summed E-state index contributed by atoms with van der Waals surface area (Å²) in [6, 6.07) is 0. The molecule has 1 fully saturated rings. The lowest BCUT2D eigenvalue weighted by Crippen LogP contribution is -2.32. The molecule has 0 bridgehead atoms. The summed E-state index contributed by atoms with van der Waals surface area (Å²) < 4.78 is 25.3. The molecule has 1 heterocycles. The Morgan fingerprint density at radius 3 is 2.36 bits per heavy atom. The fourth-order valence-electron chi connectivity index (χ4n) is 1.18. The SMILES string of the molecule is O=CC(F)(F)C1CCSCC1. The van der Waals surface area contributed by atoms with Crippen molar-refractivity contribution in [1.29, 1.82) is 0 Å². The van der Waals surface area contributed by atoms with Crippen molar-refractivity contribution in [3.63, 3.8) is 0 Å². The number of alkyl halides is 2. The molecule has 1 rings (SSSR count). The Morgan fingerprint density at radius 1 is 1.36 bits per heavy atom. The van der Waals surface area contributed by atoms with Gasteiger partial charge in [-0.3, -0.25) is 4.79 Å². The Bertz CT molecular complexity index is 143. The summed E-state index contributed by atoms with van der Waals surface area (Å²) in [5, 5.41) is 0. The van der Waals surface area contributed by atoms with Gasteiger partial charge >= 0.3 is 5.92 Å². The number of thioether (sulfide) groups is 1. The van der Waals surface area contributed by atoms with Crippen LogP contribution in [0.15, 0.2) is 0 Å². The molecule has 1 nitrogen and oxygen atoms in total. The van der Waals surface area contributed by atoms with Crippen molar-refractivity contribution in [2.75, 3.05) is 11.5 Å². The molecule has 1 aliphatic heterocycles. The molecule has 0 aromatic heterocycles. The molecule has 0 saturated carbocycles. The number of carbonyl (C=O) groups excluding carboxylic acids is 1. The quantitative estimate of drug-likeness (QED) is 0.604. The molecule has 1 saturated heterocycles. The van der Waals surface area contributed by atoms with E-state index >= 15 is 0 Å². The van der Waals surface area contributed by atoms with Crippen molar-refractivity contribution in [2.45, 2.75) is 18.8 Å². The molecule has 4 heteroatoms. The number of carbonyl (C=O) groups is 1. The molecule has 0 unspecified atom stereocenters. The van der Waals surface area contributed by atoms with Crippen molar-refractivity contribution in [3.8, 4) is 0 Å². The number of aldehydes is 1. The molecule has 0 aliphatic carbocycles. The fraction of sp³-hybridized carbons (Fsp3) is 0.857. The van der Waals surface area contributed by atoms with Crippen molar-refractivity contribution in [3.05, 3.63) is 0 Å². The summed E-state index contributed by atoms with van der Waals surface area (Å²) >= 11 is 1.68. The van der Waals surface area contributed by atoms with E-state index in [1.54, 1.807) is 11.8 Å². The summed E-state index contributed by atoms with van der Waals surface area (Å²) in [4.78, 5) is 9.97. The average molecular weight is 180 g/mol. The number of hydrogen-bond acceptors (Lipinski definition) is 2. The summed E-state index contributed by atoms with van der Waals surface area (Å²) in [6.45, 7) is 0. The molecular weight excluding hydrogens is 170 g/mol. The van der Waals surface area contributed by atoms with Crippen LogP contribution in [0.25, 0.3) is 0 Å². The maximum atomic E-state index is 12.7. The molecule has 0 aromatic rings. The predicted octanol–water partition coefficient (Wildman–Crippen LogP) is 1.96. The zero-order chi connectivity index (χ0) is 8.32. The zero-order valence-corrected chi connectivity index (χ0v) is 6.87. The summed E-state index contributed by atoms with van der Waals surface area (Å²) in [5.74, 6) is -2.27. The normalized spacial score (nSPS) is 21.6. The lowest BCUT2D eigenvalue weighted by molar-refractivity contribution is -0.137. The van der Waals surface area contributed by atoms with Crippen LogP contribution < -0.4 is 0 Å². The number of hydrogen-bond donors (Lipinski definition) is 0. The summed E-state index contributed by atoms with van der Waals surface area (Å²) in [7, 11) is 0. The van der Waals surface area contributed by atoms with E-state index in [0.29, 0.717) is 12.8 Å². The van der Waals surface area contributed by atoms with Crippen LogP contribution >= 0.6 is 11.8 Å². The van der Waals surface area contributed by atoms with E-state index in [9.17, 15) is 13.6 Å². The van der Waals surface area contributed by atoms with E-state index in [1.165, 1.54) is 0 Å². The molecule has 0 radical (unpaired) electrons. The van der Waals surface area contributed by atoms with Gasteiger partial charge in [-0.15, -0.1) is 0 Å². The standard InChI is InChI=1S/C7H10F2OS/c8-7(9,5-10)6-1-3-11-4-2-6/h5-6H,1-4H2. The third-order valence-corrected chi connectivity index (χ3v) is 2.97. The lowest BCUT2D eigenvalue weighted by atomic mass is 9.96.